The fourth-order valence-electron chi connectivity index (χ4n) is 2.99. The number of carbonyl (C=O) groups is 2. The third-order valence-corrected chi connectivity index (χ3v) is 4.23. The number of amides is 2. The van der Waals surface area contributed by atoms with Gasteiger partial charge < -0.3 is 20.6 Å². The second-order valence-corrected chi connectivity index (χ2v) is 6.44. The molecule has 2 amide bonds. The maximum atomic E-state index is 11.9. The molecule has 0 bridgehead atoms. The van der Waals surface area contributed by atoms with Gasteiger partial charge in [-0.15, -0.1) is 0 Å². The lowest BCUT2D eigenvalue weighted by atomic mass is 9.99. The molecule has 6 heteroatoms. The van der Waals surface area contributed by atoms with Gasteiger partial charge in [-0.3, -0.25) is 9.59 Å². The molecule has 0 saturated carbocycles. The smallest absolute Gasteiger partial charge is 0.233 e. The molecule has 6 nitrogen and oxygen atoms in total. The maximum Gasteiger partial charge on any atom is 0.233 e. The van der Waals surface area contributed by atoms with Crippen LogP contribution in [0.25, 0.3) is 0 Å². The van der Waals surface area contributed by atoms with E-state index in [0.29, 0.717) is 18.2 Å². The Morgan fingerprint density at radius 1 is 1.33 bits per heavy atom. The molecule has 1 saturated heterocycles. The van der Waals surface area contributed by atoms with Crippen LogP contribution >= 0.6 is 0 Å². The summed E-state index contributed by atoms with van der Waals surface area (Å²) in [7, 11) is 0. The monoisotopic (exact) mass is 333 g/mol. The van der Waals surface area contributed by atoms with Gasteiger partial charge in [0.2, 0.25) is 11.8 Å². The van der Waals surface area contributed by atoms with Crippen LogP contribution in [-0.4, -0.2) is 54.6 Å². The lowest BCUT2D eigenvalue weighted by Crippen LogP contribution is -2.41. The van der Waals surface area contributed by atoms with Crippen molar-refractivity contribution in [3.05, 3.63) is 29.8 Å². The first-order chi connectivity index (χ1) is 11.6. The van der Waals surface area contributed by atoms with Gasteiger partial charge in [0.1, 0.15) is 6.42 Å². The predicted molar refractivity (Wildman–Crippen MR) is 93.7 cm³/mol. The summed E-state index contributed by atoms with van der Waals surface area (Å²) in [6, 6.07) is 7.48. The standard InChI is InChI=1S/C18H27N3O3/c1-14-4-2-6-16(10-14)20-18(24)11-17(23)19-7-9-21-8-3-5-15(12-21)13-22/h2,4,6,10,15,22H,3,5,7-9,11-13H2,1H3,(H,19,23)(H,20,24). The first kappa shape index (κ1) is 18.4. The summed E-state index contributed by atoms with van der Waals surface area (Å²) in [6.07, 6.45) is 1.98. The minimum absolute atomic E-state index is 0.173. The van der Waals surface area contributed by atoms with Gasteiger partial charge in [0.25, 0.3) is 0 Å². The van der Waals surface area contributed by atoms with Gasteiger partial charge in [0.15, 0.2) is 0 Å². The van der Waals surface area contributed by atoms with Crippen molar-refractivity contribution in [1.82, 2.24) is 10.2 Å². The Labute approximate surface area is 143 Å². The highest BCUT2D eigenvalue weighted by molar-refractivity contribution is 6.03. The van der Waals surface area contributed by atoms with E-state index < -0.39 is 0 Å². The highest BCUT2D eigenvalue weighted by Crippen LogP contribution is 2.15. The van der Waals surface area contributed by atoms with E-state index in [1.807, 2.05) is 25.1 Å². The molecule has 0 aliphatic carbocycles. The van der Waals surface area contributed by atoms with Gasteiger partial charge in [-0.2, -0.15) is 0 Å². The molecule has 24 heavy (non-hydrogen) atoms. The molecule has 1 aromatic rings. The SMILES string of the molecule is Cc1cccc(NC(=O)CC(=O)NCCN2CCCC(CO)C2)c1. The summed E-state index contributed by atoms with van der Waals surface area (Å²) in [6.45, 7) is 5.32. The third kappa shape index (κ3) is 6.29. The molecule has 1 aliphatic heterocycles. The van der Waals surface area contributed by atoms with Gasteiger partial charge in [-0.25, -0.2) is 0 Å². The van der Waals surface area contributed by atoms with Crippen molar-refractivity contribution in [2.24, 2.45) is 5.92 Å². The van der Waals surface area contributed by atoms with Crippen molar-refractivity contribution in [2.45, 2.75) is 26.2 Å². The van der Waals surface area contributed by atoms with E-state index in [-0.39, 0.29) is 24.8 Å². The average molecular weight is 333 g/mol. The zero-order chi connectivity index (χ0) is 17.4. The Morgan fingerprint density at radius 3 is 2.92 bits per heavy atom. The first-order valence-corrected chi connectivity index (χ1v) is 8.53. The number of hydrogen-bond acceptors (Lipinski definition) is 4. The first-order valence-electron chi connectivity index (χ1n) is 8.53. The zero-order valence-electron chi connectivity index (χ0n) is 14.3. The number of aliphatic hydroxyl groups is 1. The molecule has 2 rings (SSSR count). The van der Waals surface area contributed by atoms with Gasteiger partial charge in [0, 0.05) is 31.9 Å². The van der Waals surface area contributed by atoms with Crippen molar-refractivity contribution in [3.8, 4) is 0 Å². The molecular formula is C18H27N3O3. The van der Waals surface area contributed by atoms with E-state index in [4.69, 9.17) is 0 Å². The molecule has 1 aromatic carbocycles. The van der Waals surface area contributed by atoms with Gasteiger partial charge in [0.05, 0.1) is 0 Å². The quantitative estimate of drug-likeness (QED) is 0.654. The molecule has 1 aliphatic rings. The summed E-state index contributed by atoms with van der Waals surface area (Å²) in [5.74, 6) is -0.234. The molecule has 0 aromatic heterocycles. The van der Waals surface area contributed by atoms with E-state index in [9.17, 15) is 14.7 Å². The lowest BCUT2D eigenvalue weighted by molar-refractivity contribution is -0.126. The Balaban J connectivity index is 1.65. The molecule has 0 radical (unpaired) electrons. The fourth-order valence-corrected chi connectivity index (χ4v) is 2.99. The number of piperidine rings is 1. The molecule has 0 spiro atoms. The van der Waals surface area contributed by atoms with Crippen LogP contribution in [-0.2, 0) is 9.59 Å². The highest BCUT2D eigenvalue weighted by Gasteiger charge is 2.18. The Morgan fingerprint density at radius 2 is 2.17 bits per heavy atom. The number of hydrogen-bond donors (Lipinski definition) is 3. The Kier molecular flexibility index (Phi) is 7.21. The van der Waals surface area contributed by atoms with Gasteiger partial charge in [-0.1, -0.05) is 12.1 Å². The van der Waals surface area contributed by atoms with Crippen LogP contribution in [0.5, 0.6) is 0 Å². The number of benzene rings is 1. The van der Waals surface area contributed by atoms with Crippen LogP contribution < -0.4 is 10.6 Å². The summed E-state index contributed by atoms with van der Waals surface area (Å²) in [5, 5.41) is 14.7. The Bertz CT molecular complexity index is 562. The summed E-state index contributed by atoms with van der Waals surface area (Å²) < 4.78 is 0. The van der Waals surface area contributed by atoms with Crippen LogP contribution in [0.2, 0.25) is 0 Å². The van der Waals surface area contributed by atoms with E-state index in [2.05, 4.69) is 15.5 Å². The molecule has 132 valence electrons. The van der Waals surface area contributed by atoms with Gasteiger partial charge >= 0.3 is 0 Å². The lowest BCUT2D eigenvalue weighted by Gasteiger charge is -2.31. The number of nitrogens with zero attached hydrogens (tertiary/aromatic N) is 1. The highest BCUT2D eigenvalue weighted by atomic mass is 16.3. The predicted octanol–water partition coefficient (Wildman–Crippen LogP) is 1.14. The topological polar surface area (TPSA) is 81.7 Å². The fraction of sp³-hybridized carbons (Fsp3) is 0.556. The van der Waals surface area contributed by atoms with Crippen LogP contribution in [0.3, 0.4) is 0 Å². The maximum absolute atomic E-state index is 11.9. The number of anilines is 1. The molecule has 1 heterocycles. The van der Waals surface area contributed by atoms with Crippen molar-refractivity contribution < 1.29 is 14.7 Å². The molecule has 1 atom stereocenters. The van der Waals surface area contributed by atoms with E-state index in [1.165, 1.54) is 0 Å². The minimum Gasteiger partial charge on any atom is -0.396 e. The molecule has 3 N–H and O–H groups in total. The van der Waals surface area contributed by atoms with Crippen molar-refractivity contribution in [2.75, 3.05) is 38.1 Å². The van der Waals surface area contributed by atoms with Crippen molar-refractivity contribution in [3.63, 3.8) is 0 Å². The second kappa shape index (κ2) is 9.39. The average Bonchev–Trinajstić information content (AvgIpc) is 2.55. The van der Waals surface area contributed by atoms with E-state index in [1.54, 1.807) is 6.07 Å². The third-order valence-electron chi connectivity index (χ3n) is 4.23. The molecule has 1 unspecified atom stereocenters. The number of aryl methyl sites for hydroxylation is 1. The van der Waals surface area contributed by atoms with Crippen LogP contribution in [0.4, 0.5) is 5.69 Å². The number of nitrogens with one attached hydrogen (secondary N) is 2. The number of carbonyl (C=O) groups excluding carboxylic acids is 2. The minimum atomic E-state index is -0.309. The summed E-state index contributed by atoms with van der Waals surface area (Å²) in [4.78, 5) is 26.0. The molecular weight excluding hydrogens is 306 g/mol. The summed E-state index contributed by atoms with van der Waals surface area (Å²) in [5.41, 5.74) is 1.76. The number of likely N-dealkylation sites (tertiary alicyclic amines) is 1. The van der Waals surface area contributed by atoms with E-state index >= 15 is 0 Å². The largest absolute Gasteiger partial charge is 0.396 e. The van der Waals surface area contributed by atoms with Crippen molar-refractivity contribution in [1.29, 1.82) is 0 Å². The molecule has 1 fully saturated rings. The van der Waals surface area contributed by atoms with E-state index in [0.717, 1.165) is 38.0 Å². The number of aliphatic hydroxyl groups excluding tert-OH is 1. The van der Waals surface area contributed by atoms with Crippen molar-refractivity contribution >= 4 is 17.5 Å². The Hall–Kier alpha value is -1.92. The normalized spacial score (nSPS) is 18.2. The van der Waals surface area contributed by atoms with Gasteiger partial charge in [-0.05, 0) is 49.9 Å². The van der Waals surface area contributed by atoms with Crippen LogP contribution in [0.1, 0.15) is 24.8 Å². The second-order valence-electron chi connectivity index (χ2n) is 6.44. The zero-order valence-corrected chi connectivity index (χ0v) is 14.3. The van der Waals surface area contributed by atoms with Crippen LogP contribution in [0, 0.1) is 12.8 Å². The number of rotatable bonds is 7. The summed E-state index contributed by atoms with van der Waals surface area (Å²) >= 11 is 0. The van der Waals surface area contributed by atoms with Crippen LogP contribution in [0.15, 0.2) is 24.3 Å².